The highest BCUT2D eigenvalue weighted by molar-refractivity contribution is 6.54. The van der Waals surface area contributed by atoms with Crippen molar-refractivity contribution in [3.63, 3.8) is 0 Å². The van der Waals surface area contributed by atoms with Gasteiger partial charge in [0, 0.05) is 0 Å². The summed E-state index contributed by atoms with van der Waals surface area (Å²) in [5.74, 6) is 0. The summed E-state index contributed by atoms with van der Waals surface area (Å²) in [5.41, 5.74) is 15.8. The van der Waals surface area contributed by atoms with Crippen LogP contribution in [0.4, 0.5) is 0 Å². The van der Waals surface area contributed by atoms with Crippen LogP contribution in [0, 0.1) is 0 Å². The molecule has 0 aliphatic carbocycles. The molecule has 0 radical (unpaired) electrons. The first kappa shape index (κ1) is 8.15. The molecule has 0 aromatic heterocycles. The Hall–Kier alpha value is -0.848. The van der Waals surface area contributed by atoms with Gasteiger partial charge in [-0.1, -0.05) is 12.2 Å². The fraction of sp³-hybridized carbons (Fsp3) is 1.00. The second-order valence-electron chi connectivity index (χ2n) is 1.30. The Balaban J connectivity index is 3.97. The van der Waals surface area contributed by atoms with E-state index in [1.54, 1.807) is 0 Å². The molecule has 0 aliphatic heterocycles. The molecule has 9 heavy (non-hydrogen) atoms. The lowest BCUT2D eigenvalue weighted by Gasteiger charge is -1.84. The van der Waals surface area contributed by atoms with E-state index < -0.39 is 14.6 Å². The molecule has 0 heterocycles. The number of hydrogen-bond acceptors (Lipinski definition) is 2. The topological polar surface area (TPSA) is 97.5 Å². The van der Waals surface area contributed by atoms with Gasteiger partial charge in [-0.25, -0.2) is 0 Å². The first-order valence-corrected chi connectivity index (χ1v) is 4.28. The maximum Gasteiger partial charge on any atom is 0.506 e. The lowest BCUT2D eigenvalue weighted by atomic mass is 11.0. The summed E-state index contributed by atoms with van der Waals surface area (Å²) in [6.45, 7) is 1.83. The number of azide groups is 1. The van der Waals surface area contributed by atoms with E-state index in [9.17, 15) is 0 Å². The normalized spacial score (nSPS) is 6.78. The minimum Gasteiger partial charge on any atom is -0.193 e. The smallest absolute Gasteiger partial charge is 0.193 e. The standard InChI is InChI=1S/C2H5.Al.2N3/c1-2;;2*1-3-2/h1H2,2H3;;;/q;+2;2*-1. The predicted molar refractivity (Wildman–Crippen MR) is 34.5 cm³/mol. The Bertz CT molecular complexity index is 146. The Kier molecular flexibility index (Phi) is 4.79. The van der Waals surface area contributed by atoms with Gasteiger partial charge in [0.1, 0.15) is 0 Å². The van der Waals surface area contributed by atoms with Gasteiger partial charge in [0.25, 0.3) is 0 Å². The molecule has 0 amide bonds. The SMILES string of the molecule is C[CH2][Al]([N]=[N+]=[N-])[N]=[N+]=[N-]. The molecule has 0 aliphatic rings. The largest absolute Gasteiger partial charge is 0.506 e. The summed E-state index contributed by atoms with van der Waals surface area (Å²) in [6.07, 6.45) is 0. The van der Waals surface area contributed by atoms with E-state index in [0.29, 0.717) is 5.28 Å². The van der Waals surface area contributed by atoms with Crippen LogP contribution in [0.5, 0.6) is 0 Å². The second-order valence-corrected chi connectivity index (χ2v) is 3.54. The Morgan fingerprint density at radius 3 is 2.00 bits per heavy atom. The summed E-state index contributed by atoms with van der Waals surface area (Å²) < 4.78 is 6.66. The Morgan fingerprint density at radius 2 is 1.78 bits per heavy atom. The van der Waals surface area contributed by atoms with Crippen molar-refractivity contribution in [1.29, 1.82) is 0 Å². The van der Waals surface area contributed by atoms with Crippen molar-refractivity contribution < 1.29 is 0 Å². The van der Waals surface area contributed by atoms with Crippen LogP contribution < -0.4 is 0 Å². The molecule has 0 aromatic carbocycles. The van der Waals surface area contributed by atoms with Crippen molar-refractivity contribution >= 4 is 14.6 Å². The van der Waals surface area contributed by atoms with Crippen LogP contribution in [-0.2, 0) is 0 Å². The minimum atomic E-state index is -1.80. The number of hydrogen-bond donors (Lipinski definition) is 0. The average molecular weight is 140 g/mol. The predicted octanol–water partition coefficient (Wildman–Crippen LogP) is 2.12. The number of rotatable bonds is 3. The highest BCUT2D eigenvalue weighted by atomic mass is 27.2. The molecule has 6 nitrogen and oxygen atoms in total. The van der Waals surface area contributed by atoms with Crippen molar-refractivity contribution in [1.82, 2.24) is 0 Å². The molecular weight excluding hydrogens is 135 g/mol. The van der Waals surface area contributed by atoms with Gasteiger partial charge in [0.2, 0.25) is 0 Å². The van der Waals surface area contributed by atoms with Gasteiger partial charge >= 0.3 is 14.6 Å². The molecule has 0 spiro atoms. The summed E-state index contributed by atoms with van der Waals surface area (Å²) >= 11 is -1.80. The van der Waals surface area contributed by atoms with Gasteiger partial charge < -0.3 is 0 Å². The zero-order valence-electron chi connectivity index (χ0n) is 4.97. The lowest BCUT2D eigenvalue weighted by Crippen LogP contribution is -1.99. The molecule has 0 saturated heterocycles. The van der Waals surface area contributed by atoms with E-state index in [1.807, 2.05) is 6.92 Å². The zero-order chi connectivity index (χ0) is 7.11. The molecule has 0 rings (SSSR count). The number of nitrogens with zero attached hydrogens (tertiary/aromatic N) is 6. The van der Waals surface area contributed by atoms with E-state index in [4.69, 9.17) is 11.1 Å². The fourth-order valence-corrected chi connectivity index (χ4v) is 0.917. The maximum atomic E-state index is 7.90. The van der Waals surface area contributed by atoms with Crippen LogP contribution in [0.2, 0.25) is 5.28 Å². The third-order valence-electron chi connectivity index (χ3n) is 0.735. The van der Waals surface area contributed by atoms with E-state index in [1.165, 1.54) is 0 Å². The summed E-state index contributed by atoms with van der Waals surface area (Å²) in [5, 5.41) is 0.675. The first-order chi connectivity index (χ1) is 4.35. The molecular formula is C2H5AlN6. The van der Waals surface area contributed by atoms with E-state index in [-0.39, 0.29) is 0 Å². The van der Waals surface area contributed by atoms with E-state index >= 15 is 0 Å². The molecule has 7 heteroatoms. The van der Waals surface area contributed by atoms with Crippen molar-refractivity contribution in [3.05, 3.63) is 20.9 Å². The van der Waals surface area contributed by atoms with E-state index in [2.05, 4.69) is 18.0 Å². The summed E-state index contributed by atoms with van der Waals surface area (Å²) in [7, 11) is 0. The van der Waals surface area contributed by atoms with Crippen LogP contribution in [0.25, 0.3) is 20.9 Å². The molecule has 0 fully saturated rings. The molecule has 0 saturated carbocycles. The Labute approximate surface area is 56.6 Å². The monoisotopic (exact) mass is 140 g/mol. The van der Waals surface area contributed by atoms with Gasteiger partial charge in [-0.3, -0.25) is 0 Å². The third-order valence-corrected chi connectivity index (χ3v) is 2.21. The summed E-state index contributed by atoms with van der Waals surface area (Å²) in [4.78, 5) is 5.09. The first-order valence-electron chi connectivity index (χ1n) is 2.43. The quantitative estimate of drug-likeness (QED) is 0.248. The van der Waals surface area contributed by atoms with Crippen molar-refractivity contribution in [2.75, 3.05) is 0 Å². The van der Waals surface area contributed by atoms with Crippen LogP contribution >= 0.6 is 0 Å². The molecule has 46 valence electrons. The third kappa shape index (κ3) is 3.71. The summed E-state index contributed by atoms with van der Waals surface area (Å²) in [6, 6.07) is 0. The minimum absolute atomic E-state index is 0.675. The van der Waals surface area contributed by atoms with Gasteiger partial charge in [0.15, 0.2) is 0 Å². The second kappa shape index (κ2) is 5.29. The van der Waals surface area contributed by atoms with Crippen LogP contribution in [-0.4, -0.2) is 14.6 Å². The molecule has 0 bridgehead atoms. The van der Waals surface area contributed by atoms with E-state index in [0.717, 1.165) is 0 Å². The van der Waals surface area contributed by atoms with Gasteiger partial charge in [0.05, 0.1) is 0 Å². The Morgan fingerprint density at radius 1 is 1.33 bits per heavy atom. The van der Waals surface area contributed by atoms with Crippen LogP contribution in [0.3, 0.4) is 0 Å². The van der Waals surface area contributed by atoms with Gasteiger partial charge in [-0.2, -0.15) is 8.20 Å². The molecule has 0 N–H and O–H groups in total. The lowest BCUT2D eigenvalue weighted by molar-refractivity contribution is 1.33. The van der Waals surface area contributed by atoms with Crippen molar-refractivity contribution in [2.45, 2.75) is 12.2 Å². The van der Waals surface area contributed by atoms with Crippen molar-refractivity contribution in [3.8, 4) is 0 Å². The fourth-order valence-electron chi connectivity index (χ4n) is 0.306. The maximum absolute atomic E-state index is 7.90. The van der Waals surface area contributed by atoms with Gasteiger partial charge in [-0.05, 0) is 20.9 Å². The molecule has 0 atom stereocenters. The average Bonchev–Trinajstić information content (AvgIpc) is 1.88. The highest BCUT2D eigenvalue weighted by Gasteiger charge is 2.09. The van der Waals surface area contributed by atoms with Gasteiger partial charge in [-0.15, -0.1) is 0 Å². The highest BCUT2D eigenvalue weighted by Crippen LogP contribution is 1.94. The van der Waals surface area contributed by atoms with Crippen molar-refractivity contribution in [2.24, 2.45) is 8.20 Å². The molecule has 0 aromatic rings. The molecule has 0 unspecified atom stereocenters. The zero-order valence-corrected chi connectivity index (χ0v) is 6.12. The van der Waals surface area contributed by atoms with Crippen LogP contribution in [0.1, 0.15) is 6.92 Å². The van der Waals surface area contributed by atoms with Crippen LogP contribution in [0.15, 0.2) is 8.20 Å².